The zero-order valence-corrected chi connectivity index (χ0v) is 16.9. The largest absolute Gasteiger partial charge is 0.485 e. The number of hydrogen-bond donors (Lipinski definition) is 2. The van der Waals surface area contributed by atoms with Gasteiger partial charge in [0.1, 0.15) is 23.8 Å². The maximum absolute atomic E-state index is 13.0. The van der Waals surface area contributed by atoms with Crippen molar-refractivity contribution in [1.29, 1.82) is 0 Å². The summed E-state index contributed by atoms with van der Waals surface area (Å²) in [6, 6.07) is 4.35. The standard InChI is InChI=1S/C20H23F4N3O5/c21-11-1-3-13(4-2-11)32-15-10-31-16-14(9-30-17(15)16)26-19(29)25-12-5-7-27(8-6-12)18(28)20(22,23)24/h1-4,12,14-17H,5-10H2,(H2,25,26,29)/t14-,15+,16?,17-/m1/s1. The smallest absolute Gasteiger partial charge is 0.471 e. The van der Waals surface area contributed by atoms with E-state index in [0.29, 0.717) is 5.75 Å². The number of carbonyl (C=O) groups is 2. The van der Waals surface area contributed by atoms with E-state index in [4.69, 9.17) is 14.2 Å². The molecule has 0 radical (unpaired) electrons. The molecule has 32 heavy (non-hydrogen) atoms. The first kappa shape index (κ1) is 22.6. The summed E-state index contributed by atoms with van der Waals surface area (Å²) < 4.78 is 67.9. The third kappa shape index (κ3) is 5.07. The Kier molecular flexibility index (Phi) is 6.42. The molecule has 1 unspecified atom stereocenters. The fraction of sp³-hybridized carbons (Fsp3) is 0.600. The summed E-state index contributed by atoms with van der Waals surface area (Å²) >= 11 is 0. The first-order valence-electron chi connectivity index (χ1n) is 10.3. The molecule has 3 saturated heterocycles. The van der Waals surface area contributed by atoms with E-state index in [-0.39, 0.29) is 51.0 Å². The van der Waals surface area contributed by atoms with Crippen LogP contribution in [0, 0.1) is 5.82 Å². The van der Waals surface area contributed by atoms with E-state index in [2.05, 4.69) is 10.6 Å². The second-order valence-corrected chi connectivity index (χ2v) is 7.99. The van der Waals surface area contributed by atoms with Crippen molar-refractivity contribution in [3.63, 3.8) is 0 Å². The molecule has 176 valence electrons. The lowest BCUT2D eigenvalue weighted by atomic mass is 10.0. The molecule has 0 bridgehead atoms. The molecule has 3 aliphatic heterocycles. The first-order valence-corrected chi connectivity index (χ1v) is 10.3. The molecule has 3 heterocycles. The molecule has 2 N–H and O–H groups in total. The van der Waals surface area contributed by atoms with E-state index < -0.39 is 42.5 Å². The number of urea groups is 1. The number of nitrogens with zero attached hydrogens (tertiary/aromatic N) is 1. The van der Waals surface area contributed by atoms with Crippen molar-refractivity contribution in [2.45, 2.75) is 49.4 Å². The Morgan fingerprint density at radius 1 is 1.00 bits per heavy atom. The summed E-state index contributed by atoms with van der Waals surface area (Å²) in [5, 5.41) is 5.52. The van der Waals surface area contributed by atoms with Crippen molar-refractivity contribution in [1.82, 2.24) is 15.5 Å². The van der Waals surface area contributed by atoms with Crippen LogP contribution in [0.25, 0.3) is 0 Å². The number of rotatable bonds is 4. The number of ether oxygens (including phenoxy) is 3. The molecule has 3 amide bonds. The summed E-state index contributed by atoms with van der Waals surface area (Å²) in [5.41, 5.74) is 0. The molecular weight excluding hydrogens is 438 g/mol. The number of fused-ring (bicyclic) bond motifs is 1. The number of alkyl halides is 3. The van der Waals surface area contributed by atoms with Gasteiger partial charge in [-0.3, -0.25) is 4.79 Å². The maximum Gasteiger partial charge on any atom is 0.471 e. The summed E-state index contributed by atoms with van der Waals surface area (Å²) in [4.78, 5) is 24.4. The Morgan fingerprint density at radius 3 is 2.31 bits per heavy atom. The number of piperidine rings is 1. The van der Waals surface area contributed by atoms with E-state index in [9.17, 15) is 27.2 Å². The van der Waals surface area contributed by atoms with E-state index in [1.54, 1.807) is 0 Å². The van der Waals surface area contributed by atoms with Gasteiger partial charge in [-0.2, -0.15) is 13.2 Å². The minimum atomic E-state index is -4.89. The van der Waals surface area contributed by atoms with Gasteiger partial charge in [-0.15, -0.1) is 0 Å². The van der Waals surface area contributed by atoms with Crippen molar-refractivity contribution in [3.8, 4) is 5.75 Å². The van der Waals surface area contributed by atoms with Crippen LogP contribution in [-0.4, -0.2) is 79.7 Å². The minimum absolute atomic E-state index is 0.0773. The van der Waals surface area contributed by atoms with Crippen LogP contribution < -0.4 is 15.4 Å². The second kappa shape index (κ2) is 9.10. The van der Waals surface area contributed by atoms with Gasteiger partial charge in [0.15, 0.2) is 6.10 Å². The Labute approximate surface area is 181 Å². The van der Waals surface area contributed by atoms with Crippen molar-refractivity contribution in [3.05, 3.63) is 30.1 Å². The van der Waals surface area contributed by atoms with Gasteiger partial charge < -0.3 is 29.7 Å². The fourth-order valence-electron chi connectivity index (χ4n) is 4.18. The molecule has 3 aliphatic rings. The third-order valence-electron chi connectivity index (χ3n) is 5.79. The lowest BCUT2D eigenvalue weighted by Crippen LogP contribution is -2.54. The van der Waals surface area contributed by atoms with Crippen LogP contribution in [0.4, 0.5) is 22.4 Å². The molecule has 3 fully saturated rings. The number of hydrogen-bond acceptors (Lipinski definition) is 5. The summed E-state index contributed by atoms with van der Waals surface area (Å²) in [6.07, 6.45) is -5.66. The van der Waals surface area contributed by atoms with Crippen LogP contribution in [0.3, 0.4) is 0 Å². The molecule has 0 saturated carbocycles. The molecule has 1 aromatic carbocycles. The molecule has 0 aromatic heterocycles. The van der Waals surface area contributed by atoms with Crippen molar-refractivity contribution < 1.29 is 41.4 Å². The van der Waals surface area contributed by atoms with Gasteiger partial charge in [0.25, 0.3) is 0 Å². The number of halogens is 4. The van der Waals surface area contributed by atoms with Crippen LogP contribution in [0.1, 0.15) is 12.8 Å². The van der Waals surface area contributed by atoms with Gasteiger partial charge in [-0.1, -0.05) is 0 Å². The highest BCUT2D eigenvalue weighted by atomic mass is 19.4. The second-order valence-electron chi connectivity index (χ2n) is 7.99. The van der Waals surface area contributed by atoms with Gasteiger partial charge >= 0.3 is 18.1 Å². The third-order valence-corrected chi connectivity index (χ3v) is 5.79. The molecule has 4 atom stereocenters. The summed E-state index contributed by atoms with van der Waals surface area (Å²) in [5.74, 6) is -1.75. The number of amides is 3. The van der Waals surface area contributed by atoms with E-state index >= 15 is 0 Å². The SMILES string of the molecule is O=C(NC1CCN(C(=O)C(F)(F)F)CC1)N[C@@H]1CO[C@H]2C1OC[C@@H]2Oc1ccc(F)cc1. The summed E-state index contributed by atoms with van der Waals surface area (Å²) in [7, 11) is 0. The van der Waals surface area contributed by atoms with Crippen molar-refractivity contribution in [2.24, 2.45) is 0 Å². The molecule has 8 nitrogen and oxygen atoms in total. The van der Waals surface area contributed by atoms with Crippen LogP contribution >= 0.6 is 0 Å². The van der Waals surface area contributed by atoms with E-state index in [1.807, 2.05) is 0 Å². The molecular formula is C20H23F4N3O5. The number of likely N-dealkylation sites (tertiary alicyclic amines) is 1. The van der Waals surface area contributed by atoms with Crippen LogP contribution in [0.2, 0.25) is 0 Å². The Bertz CT molecular complexity index is 830. The van der Waals surface area contributed by atoms with Crippen LogP contribution in [0.5, 0.6) is 5.75 Å². The zero-order chi connectivity index (χ0) is 22.9. The van der Waals surface area contributed by atoms with Gasteiger partial charge in [-0.25, -0.2) is 9.18 Å². The van der Waals surface area contributed by atoms with Gasteiger partial charge in [0.05, 0.1) is 19.3 Å². The molecule has 0 spiro atoms. The fourth-order valence-corrected chi connectivity index (χ4v) is 4.18. The predicted molar refractivity (Wildman–Crippen MR) is 101 cm³/mol. The van der Waals surface area contributed by atoms with E-state index in [1.165, 1.54) is 24.3 Å². The average Bonchev–Trinajstić information content (AvgIpc) is 3.32. The van der Waals surface area contributed by atoms with Crippen molar-refractivity contribution >= 4 is 11.9 Å². The van der Waals surface area contributed by atoms with E-state index in [0.717, 1.165) is 4.90 Å². The van der Waals surface area contributed by atoms with Gasteiger partial charge in [0.2, 0.25) is 0 Å². The van der Waals surface area contributed by atoms with Gasteiger partial charge in [0, 0.05) is 19.1 Å². The number of benzene rings is 1. The highest BCUT2D eigenvalue weighted by Gasteiger charge is 2.49. The average molecular weight is 461 g/mol. The molecule has 0 aliphatic carbocycles. The normalized spacial score (nSPS) is 28.3. The van der Waals surface area contributed by atoms with Crippen molar-refractivity contribution in [2.75, 3.05) is 26.3 Å². The molecule has 1 aromatic rings. The van der Waals surface area contributed by atoms with Crippen LogP contribution in [-0.2, 0) is 14.3 Å². The molecule has 4 rings (SSSR count). The quantitative estimate of drug-likeness (QED) is 0.665. The minimum Gasteiger partial charge on any atom is -0.485 e. The Hall–Kier alpha value is -2.60. The lowest BCUT2D eigenvalue weighted by molar-refractivity contribution is -0.186. The summed E-state index contributed by atoms with van der Waals surface area (Å²) in [6.45, 7) is 0.306. The zero-order valence-electron chi connectivity index (χ0n) is 16.9. The van der Waals surface area contributed by atoms with Gasteiger partial charge in [-0.05, 0) is 37.1 Å². The van der Waals surface area contributed by atoms with Crippen LogP contribution in [0.15, 0.2) is 24.3 Å². The number of nitrogens with one attached hydrogen (secondary N) is 2. The topological polar surface area (TPSA) is 89.1 Å². The first-order chi connectivity index (χ1) is 15.2. The number of carbonyl (C=O) groups excluding carboxylic acids is 2. The maximum atomic E-state index is 13.0. The Balaban J connectivity index is 1.22. The monoisotopic (exact) mass is 461 g/mol. The predicted octanol–water partition coefficient (Wildman–Crippen LogP) is 1.59. The Morgan fingerprint density at radius 2 is 1.66 bits per heavy atom. The lowest BCUT2D eigenvalue weighted by Gasteiger charge is -2.33. The highest BCUT2D eigenvalue weighted by molar-refractivity contribution is 5.82. The molecule has 12 heteroatoms. The highest BCUT2D eigenvalue weighted by Crippen LogP contribution is 2.30.